The molecule has 0 spiro atoms. The monoisotopic (exact) mass is 124 g/mol. The van der Waals surface area contributed by atoms with Crippen LogP contribution < -0.4 is 5.73 Å². The summed E-state index contributed by atoms with van der Waals surface area (Å²) in [7, 11) is 0. The molecule has 0 bridgehead atoms. The highest BCUT2D eigenvalue weighted by molar-refractivity contribution is 5.93. The van der Waals surface area contributed by atoms with Crippen molar-refractivity contribution >= 4 is 5.71 Å². The van der Waals surface area contributed by atoms with Crippen LogP contribution >= 0.6 is 0 Å². The highest BCUT2D eigenvalue weighted by Crippen LogP contribution is 1.80. The maximum atomic E-state index is 5.06. The number of hydrogen-bond donors (Lipinski definition) is 1. The van der Waals surface area contributed by atoms with Gasteiger partial charge in [0.2, 0.25) is 0 Å². The van der Waals surface area contributed by atoms with E-state index >= 15 is 0 Å². The first-order valence-electron chi connectivity index (χ1n) is 2.85. The average molecular weight is 124 g/mol. The second-order valence-electron chi connectivity index (χ2n) is 1.61. The number of aliphatic imine (C=N–C) groups is 1. The van der Waals surface area contributed by atoms with Gasteiger partial charge in [-0.1, -0.05) is 6.08 Å². The molecular weight excluding hydrogens is 112 g/mol. The average Bonchev–Trinajstić information content (AvgIpc) is 1.85. The largest absolute Gasteiger partial charge is 0.403 e. The van der Waals surface area contributed by atoms with Crippen molar-refractivity contribution in [3.8, 4) is 0 Å². The second-order valence-corrected chi connectivity index (χ2v) is 1.61. The molecule has 0 aromatic heterocycles. The molecule has 0 amide bonds. The molecule has 0 saturated heterocycles. The summed E-state index contributed by atoms with van der Waals surface area (Å²) in [5.74, 6) is 0. The van der Waals surface area contributed by atoms with Crippen LogP contribution in [0.1, 0.15) is 13.8 Å². The molecule has 0 radical (unpaired) electrons. The van der Waals surface area contributed by atoms with Gasteiger partial charge in [-0.2, -0.15) is 0 Å². The lowest BCUT2D eigenvalue weighted by Gasteiger charge is -1.83. The minimum atomic E-state index is 0.958. The topological polar surface area (TPSA) is 38.4 Å². The first kappa shape index (κ1) is 7.95. The molecule has 0 aromatic rings. The maximum absolute atomic E-state index is 5.06. The van der Waals surface area contributed by atoms with Crippen LogP contribution in [0.25, 0.3) is 0 Å². The lowest BCUT2D eigenvalue weighted by atomic mass is 10.4. The Morgan fingerprint density at radius 2 is 2.22 bits per heavy atom. The van der Waals surface area contributed by atoms with E-state index in [9.17, 15) is 0 Å². The van der Waals surface area contributed by atoms with E-state index in [1.165, 1.54) is 6.20 Å². The Morgan fingerprint density at radius 3 is 2.67 bits per heavy atom. The SMILES string of the molecule is C\C=C/C(C)=N\C=C/N. The van der Waals surface area contributed by atoms with Crippen molar-refractivity contribution in [2.45, 2.75) is 13.8 Å². The molecule has 0 fully saturated rings. The fourth-order valence-corrected chi connectivity index (χ4v) is 0.445. The van der Waals surface area contributed by atoms with Crippen molar-refractivity contribution in [3.05, 3.63) is 24.6 Å². The van der Waals surface area contributed by atoms with Gasteiger partial charge in [-0.3, -0.25) is 4.99 Å². The van der Waals surface area contributed by atoms with Crippen molar-refractivity contribution in [1.29, 1.82) is 0 Å². The van der Waals surface area contributed by atoms with Gasteiger partial charge in [0.1, 0.15) is 0 Å². The Labute approximate surface area is 55.8 Å². The van der Waals surface area contributed by atoms with Crippen molar-refractivity contribution < 1.29 is 0 Å². The zero-order chi connectivity index (χ0) is 7.11. The van der Waals surface area contributed by atoms with Crippen molar-refractivity contribution in [2.24, 2.45) is 10.7 Å². The van der Waals surface area contributed by atoms with Crippen LogP contribution in [-0.2, 0) is 0 Å². The zero-order valence-electron chi connectivity index (χ0n) is 5.83. The van der Waals surface area contributed by atoms with E-state index in [1.807, 2.05) is 26.0 Å². The van der Waals surface area contributed by atoms with Gasteiger partial charge in [0, 0.05) is 18.1 Å². The third-order valence-corrected chi connectivity index (χ3v) is 0.772. The van der Waals surface area contributed by atoms with Crippen LogP contribution in [0.4, 0.5) is 0 Å². The molecule has 0 aromatic carbocycles. The molecule has 0 rings (SSSR count). The minimum absolute atomic E-state index is 0.958. The highest BCUT2D eigenvalue weighted by Gasteiger charge is 1.74. The number of rotatable bonds is 2. The summed E-state index contributed by atoms with van der Waals surface area (Å²) < 4.78 is 0. The molecule has 0 atom stereocenters. The summed E-state index contributed by atoms with van der Waals surface area (Å²) in [5.41, 5.74) is 6.02. The summed E-state index contributed by atoms with van der Waals surface area (Å²) in [4.78, 5) is 3.96. The summed E-state index contributed by atoms with van der Waals surface area (Å²) >= 11 is 0. The highest BCUT2D eigenvalue weighted by atomic mass is 14.7. The summed E-state index contributed by atoms with van der Waals surface area (Å²) in [6, 6.07) is 0. The summed E-state index contributed by atoms with van der Waals surface area (Å²) in [6.45, 7) is 3.87. The fourth-order valence-electron chi connectivity index (χ4n) is 0.445. The third-order valence-electron chi connectivity index (χ3n) is 0.772. The fraction of sp³-hybridized carbons (Fsp3) is 0.286. The normalized spacial score (nSPS) is 13.8. The van der Waals surface area contributed by atoms with Crippen molar-refractivity contribution in [2.75, 3.05) is 0 Å². The summed E-state index contributed by atoms with van der Waals surface area (Å²) in [6.07, 6.45) is 6.82. The third kappa shape index (κ3) is 4.81. The first-order valence-corrected chi connectivity index (χ1v) is 2.85. The Bertz CT molecular complexity index is 143. The van der Waals surface area contributed by atoms with Crippen LogP contribution in [-0.4, -0.2) is 5.71 Å². The lowest BCUT2D eigenvalue weighted by Crippen LogP contribution is -1.81. The van der Waals surface area contributed by atoms with E-state index < -0.39 is 0 Å². The van der Waals surface area contributed by atoms with E-state index in [0.717, 1.165) is 5.71 Å². The van der Waals surface area contributed by atoms with Crippen LogP contribution in [0.2, 0.25) is 0 Å². The number of allylic oxidation sites excluding steroid dienone is 2. The minimum Gasteiger partial charge on any atom is -0.403 e. The number of hydrogen-bond acceptors (Lipinski definition) is 2. The second kappa shape index (κ2) is 5.09. The molecule has 2 N–H and O–H groups in total. The van der Waals surface area contributed by atoms with E-state index in [0.29, 0.717) is 0 Å². The molecule has 0 unspecified atom stereocenters. The Hall–Kier alpha value is -1.05. The molecule has 0 aliphatic heterocycles. The van der Waals surface area contributed by atoms with Crippen LogP contribution in [0.5, 0.6) is 0 Å². The predicted octanol–water partition coefficient (Wildman–Crippen LogP) is 1.45. The molecule has 0 aliphatic rings. The molecule has 0 saturated carbocycles. The molecular formula is C7H12N2. The Morgan fingerprint density at radius 1 is 1.56 bits per heavy atom. The molecule has 0 aliphatic carbocycles. The van der Waals surface area contributed by atoms with E-state index in [2.05, 4.69) is 4.99 Å². The quantitative estimate of drug-likeness (QED) is 0.556. The standard InChI is InChI=1S/C7H12N2/c1-3-4-7(2)9-6-5-8/h3-6H,8H2,1-2H3/b4-3-,6-5-,9-7-. The van der Waals surface area contributed by atoms with E-state index in [1.54, 1.807) is 6.20 Å². The predicted molar refractivity (Wildman–Crippen MR) is 41.3 cm³/mol. The van der Waals surface area contributed by atoms with E-state index in [-0.39, 0.29) is 0 Å². The van der Waals surface area contributed by atoms with Gasteiger partial charge in [-0.25, -0.2) is 0 Å². The number of nitrogens with two attached hydrogens (primary N) is 1. The zero-order valence-corrected chi connectivity index (χ0v) is 5.83. The molecule has 0 heterocycles. The van der Waals surface area contributed by atoms with Gasteiger partial charge in [0.05, 0.1) is 0 Å². The molecule has 2 nitrogen and oxygen atoms in total. The molecule has 9 heavy (non-hydrogen) atoms. The van der Waals surface area contributed by atoms with Gasteiger partial charge >= 0.3 is 0 Å². The van der Waals surface area contributed by atoms with Gasteiger partial charge in [0.25, 0.3) is 0 Å². The van der Waals surface area contributed by atoms with E-state index in [4.69, 9.17) is 5.73 Å². The van der Waals surface area contributed by atoms with Crippen molar-refractivity contribution in [1.82, 2.24) is 0 Å². The number of nitrogens with zero attached hydrogens (tertiary/aromatic N) is 1. The maximum Gasteiger partial charge on any atom is 0.0425 e. The van der Waals surface area contributed by atoms with Crippen LogP contribution in [0, 0.1) is 0 Å². The lowest BCUT2D eigenvalue weighted by molar-refractivity contribution is 1.47. The molecule has 50 valence electrons. The smallest absolute Gasteiger partial charge is 0.0425 e. The Kier molecular flexibility index (Phi) is 4.50. The molecule has 2 heteroatoms. The summed E-state index contributed by atoms with van der Waals surface area (Å²) in [5, 5.41) is 0. The Balaban J connectivity index is 3.84. The van der Waals surface area contributed by atoms with Gasteiger partial charge < -0.3 is 5.73 Å². The van der Waals surface area contributed by atoms with Gasteiger partial charge in [-0.15, -0.1) is 0 Å². The first-order chi connectivity index (χ1) is 4.31. The van der Waals surface area contributed by atoms with Gasteiger partial charge in [-0.05, 0) is 19.9 Å². The van der Waals surface area contributed by atoms with Crippen LogP contribution in [0.3, 0.4) is 0 Å². The van der Waals surface area contributed by atoms with Gasteiger partial charge in [0.15, 0.2) is 0 Å². The van der Waals surface area contributed by atoms with Crippen LogP contribution in [0.15, 0.2) is 29.5 Å². The van der Waals surface area contributed by atoms with Crippen molar-refractivity contribution in [3.63, 3.8) is 0 Å².